The molecule has 0 bridgehead atoms. The summed E-state index contributed by atoms with van der Waals surface area (Å²) in [5, 5.41) is 3.08. The summed E-state index contributed by atoms with van der Waals surface area (Å²) < 4.78 is 42.9. The van der Waals surface area contributed by atoms with Gasteiger partial charge >= 0.3 is 6.18 Å². The van der Waals surface area contributed by atoms with Gasteiger partial charge in [-0.05, 0) is 26.1 Å². The highest BCUT2D eigenvalue weighted by Gasteiger charge is 2.31. The second-order valence-electron chi connectivity index (χ2n) is 5.03. The van der Waals surface area contributed by atoms with Crippen LogP contribution in [0.1, 0.15) is 12.5 Å². The lowest BCUT2D eigenvalue weighted by Crippen LogP contribution is -2.47. The smallest absolute Gasteiger partial charge is 0.373 e. The number of aromatic nitrogens is 1. The van der Waals surface area contributed by atoms with Crippen molar-refractivity contribution in [1.29, 1.82) is 0 Å². The number of anilines is 1. The Bertz CT molecular complexity index is 435. The lowest BCUT2D eigenvalue weighted by molar-refractivity contribution is -0.137. The minimum atomic E-state index is -4.35. The molecular weight excluding hydrogens is 271 g/mol. The quantitative estimate of drug-likeness (QED) is 0.926. The van der Waals surface area contributed by atoms with Crippen LogP contribution in [0.5, 0.6) is 0 Å². The first-order chi connectivity index (χ1) is 9.36. The minimum absolute atomic E-state index is 0.00200. The van der Waals surface area contributed by atoms with Crippen molar-refractivity contribution < 1.29 is 17.9 Å². The summed E-state index contributed by atoms with van der Waals surface area (Å²) in [5.41, 5.74) is -0.746. The van der Waals surface area contributed by atoms with E-state index < -0.39 is 11.7 Å². The van der Waals surface area contributed by atoms with Crippen LogP contribution in [-0.4, -0.2) is 48.8 Å². The maximum atomic E-state index is 12.4. The van der Waals surface area contributed by atoms with Crippen LogP contribution in [0.3, 0.4) is 0 Å². The van der Waals surface area contributed by atoms with Crippen LogP contribution in [0.25, 0.3) is 0 Å². The zero-order valence-corrected chi connectivity index (χ0v) is 11.4. The number of likely N-dealkylation sites (N-methyl/N-ethyl adjacent to an activating group) is 1. The molecule has 1 saturated heterocycles. The first-order valence-electron chi connectivity index (χ1n) is 6.46. The molecule has 2 heterocycles. The molecule has 1 aliphatic rings. The third-order valence-corrected chi connectivity index (χ3v) is 3.32. The van der Waals surface area contributed by atoms with E-state index >= 15 is 0 Å². The predicted octanol–water partition coefficient (Wildman–Crippen LogP) is 2.23. The van der Waals surface area contributed by atoms with Gasteiger partial charge in [-0.15, -0.1) is 0 Å². The third-order valence-electron chi connectivity index (χ3n) is 3.32. The predicted molar refractivity (Wildman–Crippen MR) is 69.6 cm³/mol. The lowest BCUT2D eigenvalue weighted by atomic mass is 10.1. The standard InChI is InChI=1S/C13H18F3N3O/c1-9(11-8-19(2)5-6-20-11)18-12-4-3-10(7-17-12)13(14,15)16/h3-4,7,9,11H,5-6,8H2,1-2H3,(H,17,18). The second-order valence-corrected chi connectivity index (χ2v) is 5.03. The van der Waals surface area contributed by atoms with E-state index in [0.29, 0.717) is 12.4 Å². The average Bonchev–Trinajstić information content (AvgIpc) is 2.38. The summed E-state index contributed by atoms with van der Waals surface area (Å²) in [5.74, 6) is 0.419. The Morgan fingerprint density at radius 3 is 2.75 bits per heavy atom. The highest BCUT2D eigenvalue weighted by atomic mass is 19.4. The van der Waals surface area contributed by atoms with Gasteiger partial charge in [0.05, 0.1) is 24.3 Å². The molecule has 4 nitrogen and oxygen atoms in total. The Morgan fingerprint density at radius 2 is 2.20 bits per heavy atom. The highest BCUT2D eigenvalue weighted by molar-refractivity contribution is 5.37. The zero-order chi connectivity index (χ0) is 14.8. The molecule has 0 aromatic carbocycles. The number of rotatable bonds is 3. The first-order valence-corrected chi connectivity index (χ1v) is 6.46. The SMILES string of the molecule is CC(Nc1ccc(C(F)(F)F)cn1)C1CN(C)CCO1. The molecule has 112 valence electrons. The van der Waals surface area contributed by atoms with Crippen LogP contribution in [0.2, 0.25) is 0 Å². The largest absolute Gasteiger partial charge is 0.417 e. The number of hydrogen-bond donors (Lipinski definition) is 1. The van der Waals surface area contributed by atoms with Crippen LogP contribution in [-0.2, 0) is 10.9 Å². The molecule has 0 radical (unpaired) electrons. The highest BCUT2D eigenvalue weighted by Crippen LogP contribution is 2.29. The molecule has 20 heavy (non-hydrogen) atoms. The number of ether oxygens (including phenoxy) is 1. The topological polar surface area (TPSA) is 37.4 Å². The molecule has 0 aliphatic carbocycles. The summed E-state index contributed by atoms with van der Waals surface area (Å²) in [6, 6.07) is 2.34. The van der Waals surface area contributed by atoms with Crippen LogP contribution >= 0.6 is 0 Å². The number of morpholine rings is 1. The molecular formula is C13H18F3N3O. The Hall–Kier alpha value is -1.34. The molecule has 1 aromatic rings. The van der Waals surface area contributed by atoms with Gasteiger partial charge in [-0.1, -0.05) is 0 Å². The Labute approximate surface area is 115 Å². The van der Waals surface area contributed by atoms with Gasteiger partial charge in [-0.25, -0.2) is 4.98 Å². The van der Waals surface area contributed by atoms with Crippen molar-refractivity contribution in [2.45, 2.75) is 25.2 Å². The summed E-state index contributed by atoms with van der Waals surface area (Å²) in [6.45, 7) is 4.27. The molecule has 2 unspecified atom stereocenters. The number of nitrogens with one attached hydrogen (secondary N) is 1. The fourth-order valence-electron chi connectivity index (χ4n) is 2.09. The average molecular weight is 289 g/mol. The molecule has 1 N–H and O–H groups in total. The van der Waals surface area contributed by atoms with E-state index in [2.05, 4.69) is 15.2 Å². The maximum Gasteiger partial charge on any atom is 0.417 e. The van der Waals surface area contributed by atoms with Crippen molar-refractivity contribution >= 4 is 5.82 Å². The van der Waals surface area contributed by atoms with Crippen molar-refractivity contribution in [1.82, 2.24) is 9.88 Å². The van der Waals surface area contributed by atoms with Gasteiger partial charge < -0.3 is 15.0 Å². The van der Waals surface area contributed by atoms with Gasteiger partial charge in [0.1, 0.15) is 5.82 Å². The van der Waals surface area contributed by atoms with E-state index in [0.717, 1.165) is 25.4 Å². The van der Waals surface area contributed by atoms with E-state index in [4.69, 9.17) is 4.74 Å². The molecule has 2 atom stereocenters. The van der Waals surface area contributed by atoms with E-state index in [-0.39, 0.29) is 12.1 Å². The second kappa shape index (κ2) is 5.97. The van der Waals surface area contributed by atoms with Crippen molar-refractivity contribution in [3.05, 3.63) is 23.9 Å². The number of hydrogen-bond acceptors (Lipinski definition) is 4. The fraction of sp³-hybridized carbons (Fsp3) is 0.615. The van der Waals surface area contributed by atoms with Crippen molar-refractivity contribution in [2.24, 2.45) is 0 Å². The number of nitrogens with zero attached hydrogens (tertiary/aromatic N) is 2. The zero-order valence-electron chi connectivity index (χ0n) is 11.4. The van der Waals surface area contributed by atoms with Crippen LogP contribution < -0.4 is 5.32 Å². The van der Waals surface area contributed by atoms with Crippen LogP contribution in [0.15, 0.2) is 18.3 Å². The monoisotopic (exact) mass is 289 g/mol. The Balaban J connectivity index is 1.95. The number of halogens is 3. The normalized spacial score (nSPS) is 22.6. The first kappa shape index (κ1) is 15.1. The summed E-state index contributed by atoms with van der Waals surface area (Å²) in [6.07, 6.45) is -3.52. The molecule has 0 saturated carbocycles. The molecule has 2 rings (SSSR count). The minimum Gasteiger partial charge on any atom is -0.373 e. The van der Waals surface area contributed by atoms with Gasteiger partial charge in [0.25, 0.3) is 0 Å². The number of alkyl halides is 3. The molecule has 0 amide bonds. The Kier molecular flexibility index (Phi) is 4.49. The van der Waals surface area contributed by atoms with E-state index in [1.807, 2.05) is 14.0 Å². The van der Waals surface area contributed by atoms with E-state index in [1.54, 1.807) is 0 Å². The van der Waals surface area contributed by atoms with Crippen molar-refractivity contribution in [3.63, 3.8) is 0 Å². The maximum absolute atomic E-state index is 12.4. The van der Waals surface area contributed by atoms with Gasteiger partial charge in [0, 0.05) is 19.3 Å². The molecule has 1 aromatic heterocycles. The van der Waals surface area contributed by atoms with Crippen molar-refractivity contribution in [2.75, 3.05) is 32.1 Å². The van der Waals surface area contributed by atoms with Crippen LogP contribution in [0.4, 0.5) is 19.0 Å². The Morgan fingerprint density at radius 1 is 1.45 bits per heavy atom. The summed E-state index contributed by atoms with van der Waals surface area (Å²) in [7, 11) is 2.01. The van der Waals surface area contributed by atoms with Gasteiger partial charge in [0.15, 0.2) is 0 Å². The molecule has 0 spiro atoms. The lowest BCUT2D eigenvalue weighted by Gasteiger charge is -2.34. The van der Waals surface area contributed by atoms with Gasteiger partial charge in [-0.2, -0.15) is 13.2 Å². The van der Waals surface area contributed by atoms with Crippen LogP contribution in [0, 0.1) is 0 Å². The van der Waals surface area contributed by atoms with E-state index in [9.17, 15) is 13.2 Å². The van der Waals surface area contributed by atoms with Gasteiger partial charge in [0.2, 0.25) is 0 Å². The molecule has 1 fully saturated rings. The van der Waals surface area contributed by atoms with E-state index in [1.165, 1.54) is 6.07 Å². The number of pyridine rings is 1. The summed E-state index contributed by atoms with van der Waals surface area (Å²) in [4.78, 5) is 5.96. The summed E-state index contributed by atoms with van der Waals surface area (Å²) >= 11 is 0. The van der Waals surface area contributed by atoms with Crippen molar-refractivity contribution in [3.8, 4) is 0 Å². The third kappa shape index (κ3) is 3.83. The molecule has 7 heteroatoms. The fourth-order valence-corrected chi connectivity index (χ4v) is 2.09. The van der Waals surface area contributed by atoms with Gasteiger partial charge in [-0.3, -0.25) is 0 Å². The molecule has 1 aliphatic heterocycles.